The minimum absolute atomic E-state index is 0.499. The number of hydrogen-bond acceptors (Lipinski definition) is 5. The van der Waals surface area contributed by atoms with Crippen LogP contribution in [-0.4, -0.2) is 19.9 Å². The van der Waals surface area contributed by atoms with Crippen molar-refractivity contribution in [2.75, 3.05) is 0 Å². The molecular weight excluding hydrogens is 220 g/mol. The first-order chi connectivity index (χ1) is 7.84. The van der Waals surface area contributed by atoms with E-state index in [1.165, 1.54) is 0 Å². The lowest BCUT2D eigenvalue weighted by atomic mass is 10.3. The minimum Gasteiger partial charge on any atom is -0.236 e. The molecule has 4 nitrogen and oxygen atoms in total. The smallest absolute Gasteiger partial charge is 0.180 e. The molecule has 0 aliphatic rings. The fourth-order valence-corrected chi connectivity index (χ4v) is 1.74. The third-order valence-electron chi connectivity index (χ3n) is 2.22. The highest BCUT2D eigenvalue weighted by Gasteiger charge is 2.00. The van der Waals surface area contributed by atoms with Crippen LogP contribution < -0.4 is 0 Å². The molecule has 3 aromatic heterocycles. The van der Waals surface area contributed by atoms with Crippen LogP contribution in [0.1, 0.15) is 0 Å². The molecule has 5 heteroatoms. The van der Waals surface area contributed by atoms with E-state index in [9.17, 15) is 0 Å². The molecule has 76 valence electrons. The first kappa shape index (κ1) is 9.23. The first-order valence-electron chi connectivity index (χ1n) is 4.72. The van der Waals surface area contributed by atoms with Gasteiger partial charge in [0.25, 0.3) is 0 Å². The van der Waals surface area contributed by atoms with Crippen LogP contribution in [0.25, 0.3) is 22.2 Å². The second kappa shape index (κ2) is 3.53. The van der Waals surface area contributed by atoms with Gasteiger partial charge in [0, 0.05) is 12.4 Å². The first-order valence-corrected chi connectivity index (χ1v) is 5.13. The maximum atomic E-state index is 5.23. The summed E-state index contributed by atoms with van der Waals surface area (Å²) in [6.07, 6.45) is 3.35. The Morgan fingerprint density at radius 2 is 1.62 bits per heavy atom. The fraction of sp³-hybridized carbons (Fsp3) is 0. The molecule has 0 saturated carbocycles. The zero-order valence-corrected chi connectivity index (χ0v) is 8.98. The Balaban J connectivity index is 2.65. The Bertz CT molecular complexity index is 742. The van der Waals surface area contributed by atoms with Crippen molar-refractivity contribution in [2.45, 2.75) is 0 Å². The van der Waals surface area contributed by atoms with Crippen LogP contribution in [0, 0.1) is 4.64 Å². The summed E-state index contributed by atoms with van der Waals surface area (Å²) in [5.74, 6) is 0. The monoisotopic (exact) mass is 226 g/mol. The Morgan fingerprint density at radius 3 is 2.50 bits per heavy atom. The molecule has 0 unspecified atom stereocenters. The Hall–Kier alpha value is -2.01. The summed E-state index contributed by atoms with van der Waals surface area (Å²) in [5, 5.41) is 0.774. The summed E-state index contributed by atoms with van der Waals surface area (Å²) in [5.41, 5.74) is 1.82. The van der Waals surface area contributed by atoms with E-state index in [4.69, 9.17) is 12.2 Å². The van der Waals surface area contributed by atoms with Gasteiger partial charge in [-0.3, -0.25) is 0 Å². The molecule has 0 fully saturated rings. The van der Waals surface area contributed by atoms with E-state index in [-0.39, 0.29) is 0 Å². The van der Waals surface area contributed by atoms with Crippen molar-refractivity contribution in [2.24, 2.45) is 0 Å². The lowest BCUT2D eigenvalue weighted by molar-refractivity contribution is 1.28. The Labute approximate surface area is 96.0 Å². The topological polar surface area (TPSA) is 51.6 Å². The minimum atomic E-state index is 0.499. The number of nitrogens with zero attached hydrogens (tertiary/aromatic N) is 4. The van der Waals surface area contributed by atoms with Crippen molar-refractivity contribution >= 4 is 34.4 Å². The van der Waals surface area contributed by atoms with Crippen molar-refractivity contribution < 1.29 is 0 Å². The lowest BCUT2D eigenvalue weighted by Gasteiger charge is -1.87. The summed E-state index contributed by atoms with van der Waals surface area (Å²) >= 11 is 5.23. The van der Waals surface area contributed by atoms with Gasteiger partial charge in [-0.05, 0) is 24.3 Å². The summed E-state index contributed by atoms with van der Waals surface area (Å²) in [7, 11) is 0. The van der Waals surface area contributed by atoms with Crippen LogP contribution in [0.4, 0.5) is 0 Å². The highest BCUT2D eigenvalue weighted by Crippen LogP contribution is 2.11. The van der Waals surface area contributed by atoms with Gasteiger partial charge >= 0.3 is 0 Å². The van der Waals surface area contributed by atoms with E-state index < -0.39 is 0 Å². The SMILES string of the molecule is S=c1nc2cccnc2nc2ncccc12. The second-order valence-corrected chi connectivity index (χ2v) is 3.64. The van der Waals surface area contributed by atoms with E-state index >= 15 is 0 Å². The van der Waals surface area contributed by atoms with E-state index in [0.717, 1.165) is 5.39 Å². The second-order valence-electron chi connectivity index (χ2n) is 3.25. The molecule has 3 aromatic rings. The molecule has 3 rings (SSSR count). The Kier molecular flexibility index (Phi) is 2.04. The predicted octanol–water partition coefficient (Wildman–Crippen LogP) is 2.30. The van der Waals surface area contributed by atoms with Crippen molar-refractivity contribution in [3.05, 3.63) is 41.3 Å². The average molecular weight is 226 g/mol. The maximum absolute atomic E-state index is 5.23. The van der Waals surface area contributed by atoms with Gasteiger partial charge in [-0.15, -0.1) is 0 Å². The molecule has 3 heterocycles. The van der Waals surface area contributed by atoms with Gasteiger partial charge in [0.1, 0.15) is 10.2 Å². The van der Waals surface area contributed by atoms with Crippen molar-refractivity contribution in [1.29, 1.82) is 0 Å². The van der Waals surface area contributed by atoms with Gasteiger partial charge < -0.3 is 0 Å². The number of hydrogen-bond donors (Lipinski definition) is 0. The van der Waals surface area contributed by atoms with Crippen LogP contribution in [-0.2, 0) is 0 Å². The van der Waals surface area contributed by atoms with E-state index in [1.54, 1.807) is 12.4 Å². The summed E-state index contributed by atoms with van der Waals surface area (Å²) < 4.78 is 0.499. The van der Waals surface area contributed by atoms with Crippen molar-refractivity contribution in [3.63, 3.8) is 0 Å². The van der Waals surface area contributed by atoms with Gasteiger partial charge in [-0.25, -0.2) is 19.9 Å². The average Bonchev–Trinajstić information content (AvgIpc) is 2.45. The highest BCUT2D eigenvalue weighted by molar-refractivity contribution is 7.71. The lowest BCUT2D eigenvalue weighted by Crippen LogP contribution is -1.80. The van der Waals surface area contributed by atoms with Crippen LogP contribution >= 0.6 is 12.2 Å². The summed E-state index contributed by atoms with van der Waals surface area (Å²) in [6.45, 7) is 0. The van der Waals surface area contributed by atoms with Crippen LogP contribution in [0.2, 0.25) is 0 Å². The molecule has 0 bridgehead atoms. The third-order valence-corrected chi connectivity index (χ3v) is 2.53. The number of rotatable bonds is 0. The largest absolute Gasteiger partial charge is 0.236 e. The molecular formula is C11H6N4S. The Morgan fingerprint density at radius 1 is 0.875 bits per heavy atom. The van der Waals surface area contributed by atoms with Crippen LogP contribution in [0.3, 0.4) is 0 Å². The number of pyridine rings is 2. The van der Waals surface area contributed by atoms with Gasteiger partial charge in [-0.2, -0.15) is 0 Å². The molecule has 0 aromatic carbocycles. The van der Waals surface area contributed by atoms with Gasteiger partial charge in [-0.1, -0.05) is 12.2 Å². The normalized spacial score (nSPS) is 10.8. The molecule has 0 radical (unpaired) electrons. The summed E-state index contributed by atoms with van der Waals surface area (Å²) in [4.78, 5) is 17.0. The third kappa shape index (κ3) is 1.42. The number of fused-ring (bicyclic) bond motifs is 2. The standard InChI is InChI=1S/C11H6N4S/c16-11-7-3-1-5-12-9(7)15-10-8(14-11)4-2-6-13-10/h1-6H. The summed E-state index contributed by atoms with van der Waals surface area (Å²) in [6, 6.07) is 7.33. The maximum Gasteiger partial charge on any atom is 0.180 e. The van der Waals surface area contributed by atoms with E-state index in [1.807, 2.05) is 24.3 Å². The van der Waals surface area contributed by atoms with Crippen LogP contribution in [0.15, 0.2) is 36.7 Å². The zero-order chi connectivity index (χ0) is 11.0. The van der Waals surface area contributed by atoms with Crippen molar-refractivity contribution in [3.8, 4) is 0 Å². The van der Waals surface area contributed by atoms with Gasteiger partial charge in [0.05, 0.1) is 5.39 Å². The van der Waals surface area contributed by atoms with E-state index in [0.29, 0.717) is 21.5 Å². The molecule has 0 spiro atoms. The van der Waals surface area contributed by atoms with Crippen LogP contribution in [0.5, 0.6) is 0 Å². The van der Waals surface area contributed by atoms with E-state index in [2.05, 4.69) is 19.9 Å². The molecule has 0 aliphatic carbocycles. The van der Waals surface area contributed by atoms with Gasteiger partial charge in [0.2, 0.25) is 0 Å². The molecule has 0 aliphatic heterocycles. The zero-order valence-electron chi connectivity index (χ0n) is 8.16. The quantitative estimate of drug-likeness (QED) is 0.550. The van der Waals surface area contributed by atoms with Gasteiger partial charge in [0.15, 0.2) is 11.3 Å². The molecule has 0 atom stereocenters. The highest BCUT2D eigenvalue weighted by atomic mass is 32.1. The molecule has 0 amide bonds. The fourth-order valence-electron chi connectivity index (χ4n) is 1.48. The molecule has 0 N–H and O–H groups in total. The molecule has 0 saturated heterocycles. The predicted molar refractivity (Wildman–Crippen MR) is 63.5 cm³/mol. The van der Waals surface area contributed by atoms with Crippen molar-refractivity contribution in [1.82, 2.24) is 19.9 Å². The number of aromatic nitrogens is 4. The molecule has 16 heavy (non-hydrogen) atoms.